The third-order valence-corrected chi connectivity index (χ3v) is 2.97. The minimum atomic E-state index is 0.396. The fourth-order valence-corrected chi connectivity index (χ4v) is 2.10. The lowest BCUT2D eigenvalue weighted by Crippen LogP contribution is -2.26. The number of ether oxygens (including phenoxy) is 1. The molecular formula is C15H25NO. The maximum atomic E-state index is 5.14. The third-order valence-electron chi connectivity index (χ3n) is 2.97. The average molecular weight is 235 g/mol. The molecule has 0 saturated carbocycles. The Morgan fingerprint density at radius 1 is 1.12 bits per heavy atom. The van der Waals surface area contributed by atoms with Crippen molar-refractivity contribution in [3.8, 4) is 0 Å². The largest absolute Gasteiger partial charge is 0.384 e. The van der Waals surface area contributed by atoms with E-state index in [1.165, 1.54) is 16.7 Å². The molecule has 0 aromatic heterocycles. The van der Waals surface area contributed by atoms with Gasteiger partial charge < -0.3 is 10.1 Å². The van der Waals surface area contributed by atoms with Crippen molar-refractivity contribution in [3.05, 3.63) is 34.9 Å². The van der Waals surface area contributed by atoms with Crippen molar-refractivity contribution in [2.75, 3.05) is 20.3 Å². The Labute approximate surface area is 105 Å². The number of aryl methyl sites for hydroxylation is 2. The molecule has 2 heteroatoms. The lowest BCUT2D eigenvalue weighted by molar-refractivity contribution is 0.157. The lowest BCUT2D eigenvalue weighted by Gasteiger charge is -2.18. The predicted octanol–water partition coefficient (Wildman–Crippen LogP) is 3.24. The van der Waals surface area contributed by atoms with Crippen molar-refractivity contribution in [3.63, 3.8) is 0 Å². The van der Waals surface area contributed by atoms with Gasteiger partial charge in [-0.15, -0.1) is 0 Å². The topological polar surface area (TPSA) is 21.3 Å². The molecule has 0 bridgehead atoms. The summed E-state index contributed by atoms with van der Waals surface area (Å²) in [5.41, 5.74) is 4.03. The molecule has 0 aliphatic rings. The summed E-state index contributed by atoms with van der Waals surface area (Å²) in [5.74, 6) is 0.549. The minimum absolute atomic E-state index is 0.396. The highest BCUT2D eigenvalue weighted by Crippen LogP contribution is 2.16. The zero-order valence-corrected chi connectivity index (χ0v) is 11.7. The average Bonchev–Trinajstić information content (AvgIpc) is 2.25. The molecule has 96 valence electrons. The summed E-state index contributed by atoms with van der Waals surface area (Å²) in [7, 11) is 1.75. The van der Waals surface area contributed by atoms with Crippen LogP contribution in [0.1, 0.15) is 36.6 Å². The molecule has 17 heavy (non-hydrogen) atoms. The van der Waals surface area contributed by atoms with Crippen molar-refractivity contribution in [1.29, 1.82) is 0 Å². The zero-order valence-electron chi connectivity index (χ0n) is 11.7. The van der Waals surface area contributed by atoms with Gasteiger partial charge in [-0.2, -0.15) is 0 Å². The van der Waals surface area contributed by atoms with Crippen LogP contribution in [0.25, 0.3) is 0 Å². The summed E-state index contributed by atoms with van der Waals surface area (Å²) in [4.78, 5) is 0. The molecule has 0 saturated heterocycles. The van der Waals surface area contributed by atoms with E-state index in [0.717, 1.165) is 13.2 Å². The summed E-state index contributed by atoms with van der Waals surface area (Å²) in [5, 5.41) is 3.56. The van der Waals surface area contributed by atoms with E-state index in [1.54, 1.807) is 7.11 Å². The second-order valence-electron chi connectivity index (χ2n) is 5.11. The van der Waals surface area contributed by atoms with E-state index in [2.05, 4.69) is 51.2 Å². The van der Waals surface area contributed by atoms with Crippen LogP contribution in [-0.2, 0) is 4.74 Å². The van der Waals surface area contributed by atoms with Gasteiger partial charge in [-0.25, -0.2) is 0 Å². The summed E-state index contributed by atoms with van der Waals surface area (Å²) < 4.78 is 5.14. The van der Waals surface area contributed by atoms with Crippen molar-refractivity contribution in [1.82, 2.24) is 5.32 Å². The number of nitrogens with one attached hydrogen (secondary N) is 1. The fourth-order valence-electron chi connectivity index (χ4n) is 2.10. The summed E-state index contributed by atoms with van der Waals surface area (Å²) in [6.07, 6.45) is 0. The van der Waals surface area contributed by atoms with Crippen LogP contribution in [0.15, 0.2) is 18.2 Å². The Bertz CT molecular complexity index is 329. The molecule has 2 unspecified atom stereocenters. The highest BCUT2D eigenvalue weighted by molar-refractivity contribution is 5.30. The number of methoxy groups -OCH3 is 1. The van der Waals surface area contributed by atoms with Crippen LogP contribution < -0.4 is 5.32 Å². The number of hydrogen-bond acceptors (Lipinski definition) is 2. The maximum Gasteiger partial charge on any atom is 0.0499 e. The highest BCUT2D eigenvalue weighted by atomic mass is 16.5. The van der Waals surface area contributed by atoms with Crippen LogP contribution in [0, 0.1) is 19.8 Å². The van der Waals surface area contributed by atoms with E-state index in [0.29, 0.717) is 12.0 Å². The van der Waals surface area contributed by atoms with Crippen LogP contribution in [0.5, 0.6) is 0 Å². The molecule has 0 aliphatic heterocycles. The van der Waals surface area contributed by atoms with Crippen molar-refractivity contribution in [2.45, 2.75) is 33.7 Å². The molecule has 0 radical (unpaired) electrons. The van der Waals surface area contributed by atoms with Crippen LogP contribution in [0.3, 0.4) is 0 Å². The van der Waals surface area contributed by atoms with E-state index >= 15 is 0 Å². The van der Waals surface area contributed by atoms with Gasteiger partial charge in [0, 0.05) is 26.3 Å². The Morgan fingerprint density at radius 2 is 1.71 bits per heavy atom. The number of rotatable bonds is 6. The lowest BCUT2D eigenvalue weighted by atomic mass is 10.0. The zero-order chi connectivity index (χ0) is 12.8. The molecule has 1 aromatic rings. The number of hydrogen-bond donors (Lipinski definition) is 1. The van der Waals surface area contributed by atoms with Gasteiger partial charge in [0.1, 0.15) is 0 Å². The first-order valence-electron chi connectivity index (χ1n) is 6.33. The van der Waals surface area contributed by atoms with Gasteiger partial charge in [-0.3, -0.25) is 0 Å². The minimum Gasteiger partial charge on any atom is -0.384 e. The molecule has 1 aromatic carbocycles. The Morgan fingerprint density at radius 3 is 2.24 bits per heavy atom. The Hall–Kier alpha value is -0.860. The standard InChI is InChI=1S/C15H25NO/c1-11-6-12(2)8-15(7-11)14(4)16-9-13(3)10-17-5/h6-8,13-14,16H,9-10H2,1-5H3. The second kappa shape index (κ2) is 6.77. The fraction of sp³-hybridized carbons (Fsp3) is 0.600. The number of benzene rings is 1. The Balaban J connectivity index is 2.54. The quantitative estimate of drug-likeness (QED) is 0.817. The van der Waals surface area contributed by atoms with Crippen LogP contribution in [0.4, 0.5) is 0 Å². The van der Waals surface area contributed by atoms with Crippen molar-refractivity contribution >= 4 is 0 Å². The molecule has 2 nitrogen and oxygen atoms in total. The van der Waals surface area contributed by atoms with Gasteiger partial charge in [0.15, 0.2) is 0 Å². The van der Waals surface area contributed by atoms with E-state index in [-0.39, 0.29) is 0 Å². The molecule has 1 N–H and O–H groups in total. The van der Waals surface area contributed by atoms with Crippen LogP contribution in [-0.4, -0.2) is 20.3 Å². The normalized spacial score (nSPS) is 14.6. The molecule has 0 heterocycles. The van der Waals surface area contributed by atoms with Gasteiger partial charge in [-0.05, 0) is 32.3 Å². The Kier molecular flexibility index (Phi) is 5.66. The van der Waals surface area contributed by atoms with Crippen LogP contribution in [0.2, 0.25) is 0 Å². The molecule has 2 atom stereocenters. The molecule has 1 rings (SSSR count). The van der Waals surface area contributed by atoms with Crippen LogP contribution >= 0.6 is 0 Å². The first-order valence-corrected chi connectivity index (χ1v) is 6.33. The van der Waals surface area contributed by atoms with E-state index in [9.17, 15) is 0 Å². The molecule has 0 amide bonds. The van der Waals surface area contributed by atoms with E-state index in [1.807, 2.05) is 0 Å². The van der Waals surface area contributed by atoms with Crippen molar-refractivity contribution in [2.24, 2.45) is 5.92 Å². The van der Waals surface area contributed by atoms with Gasteiger partial charge in [0.25, 0.3) is 0 Å². The molecule has 0 fully saturated rings. The van der Waals surface area contributed by atoms with Gasteiger partial charge in [0.05, 0.1) is 0 Å². The smallest absolute Gasteiger partial charge is 0.0499 e. The summed E-state index contributed by atoms with van der Waals surface area (Å²) in [6, 6.07) is 7.12. The molecule has 0 spiro atoms. The highest BCUT2D eigenvalue weighted by Gasteiger charge is 2.08. The molecular weight excluding hydrogens is 210 g/mol. The maximum absolute atomic E-state index is 5.14. The SMILES string of the molecule is COCC(C)CNC(C)c1cc(C)cc(C)c1. The third kappa shape index (κ3) is 4.88. The van der Waals surface area contributed by atoms with E-state index < -0.39 is 0 Å². The second-order valence-corrected chi connectivity index (χ2v) is 5.11. The van der Waals surface area contributed by atoms with E-state index in [4.69, 9.17) is 4.74 Å². The molecule has 0 aliphatic carbocycles. The van der Waals surface area contributed by atoms with Crippen molar-refractivity contribution < 1.29 is 4.74 Å². The first kappa shape index (κ1) is 14.2. The van der Waals surface area contributed by atoms with Gasteiger partial charge in [-0.1, -0.05) is 36.2 Å². The first-order chi connectivity index (χ1) is 8.02. The summed E-state index contributed by atoms with van der Waals surface area (Å²) in [6.45, 7) is 10.5. The van der Waals surface area contributed by atoms with Gasteiger partial charge >= 0.3 is 0 Å². The monoisotopic (exact) mass is 235 g/mol. The van der Waals surface area contributed by atoms with Gasteiger partial charge in [0.2, 0.25) is 0 Å². The predicted molar refractivity (Wildman–Crippen MR) is 73.4 cm³/mol. The summed E-state index contributed by atoms with van der Waals surface area (Å²) >= 11 is 0.